The molecule has 5 nitrogen and oxygen atoms in total. The Balaban J connectivity index is 1.40. The lowest BCUT2D eigenvalue weighted by molar-refractivity contribution is -0.111. The summed E-state index contributed by atoms with van der Waals surface area (Å²) in [6.45, 7) is 3.22. The second-order valence-corrected chi connectivity index (χ2v) is 8.90. The van der Waals surface area contributed by atoms with E-state index in [4.69, 9.17) is 0 Å². The molecule has 2 aliphatic rings. The van der Waals surface area contributed by atoms with Gasteiger partial charge in [-0.05, 0) is 60.2 Å². The van der Waals surface area contributed by atoms with Gasteiger partial charge in [0.2, 0.25) is 5.91 Å². The molecule has 0 radical (unpaired) electrons. The van der Waals surface area contributed by atoms with Crippen LogP contribution in [0.2, 0.25) is 0 Å². The van der Waals surface area contributed by atoms with Crippen molar-refractivity contribution in [2.45, 2.75) is 25.8 Å². The van der Waals surface area contributed by atoms with Gasteiger partial charge in [-0.3, -0.25) is 9.59 Å². The molecule has 0 spiro atoms. The van der Waals surface area contributed by atoms with Gasteiger partial charge >= 0.3 is 0 Å². The van der Waals surface area contributed by atoms with Crippen LogP contribution in [-0.4, -0.2) is 36.3 Å². The molecule has 0 aromatic heterocycles. The molecular formula is C29H29N3O2. The van der Waals surface area contributed by atoms with E-state index >= 15 is 0 Å². The second kappa shape index (κ2) is 9.96. The van der Waals surface area contributed by atoms with Crippen LogP contribution in [0.4, 0.5) is 11.4 Å². The lowest BCUT2D eigenvalue weighted by Crippen LogP contribution is -2.34. The minimum absolute atomic E-state index is 0.0438. The smallest absolute Gasteiger partial charge is 0.256 e. The molecule has 0 saturated carbocycles. The van der Waals surface area contributed by atoms with Gasteiger partial charge in [0.15, 0.2) is 0 Å². The number of benzene rings is 3. The van der Waals surface area contributed by atoms with Gasteiger partial charge in [-0.1, -0.05) is 54.6 Å². The minimum Gasteiger partial charge on any atom is -0.366 e. The molecule has 1 N–H and O–H groups in total. The molecule has 0 unspecified atom stereocenters. The average Bonchev–Trinajstić information content (AvgIpc) is 3.42. The Bertz CT molecular complexity index is 1210. The molecule has 5 rings (SSSR count). The monoisotopic (exact) mass is 451 g/mol. The molecule has 172 valence electrons. The first kappa shape index (κ1) is 22.0. The molecule has 0 aliphatic carbocycles. The van der Waals surface area contributed by atoms with E-state index in [1.165, 1.54) is 17.2 Å². The van der Waals surface area contributed by atoms with Crippen LogP contribution < -0.4 is 10.2 Å². The Morgan fingerprint density at radius 1 is 0.824 bits per heavy atom. The molecule has 0 atom stereocenters. The topological polar surface area (TPSA) is 52.7 Å². The number of amides is 2. The van der Waals surface area contributed by atoms with Crippen molar-refractivity contribution >= 4 is 29.3 Å². The summed E-state index contributed by atoms with van der Waals surface area (Å²) in [4.78, 5) is 30.2. The fraction of sp³-hybridized carbons (Fsp3) is 0.241. The zero-order valence-corrected chi connectivity index (χ0v) is 19.2. The summed E-state index contributed by atoms with van der Waals surface area (Å²) in [6.07, 6.45) is 6.34. The third-order valence-electron chi connectivity index (χ3n) is 6.59. The van der Waals surface area contributed by atoms with Crippen molar-refractivity contribution in [3.05, 3.63) is 101 Å². The lowest BCUT2D eigenvalue weighted by atomic mass is 9.98. The number of anilines is 2. The average molecular weight is 452 g/mol. The van der Waals surface area contributed by atoms with Crippen molar-refractivity contribution in [3.8, 4) is 0 Å². The van der Waals surface area contributed by atoms with Crippen LogP contribution in [-0.2, 0) is 17.8 Å². The summed E-state index contributed by atoms with van der Waals surface area (Å²) in [6, 6.07) is 23.9. The van der Waals surface area contributed by atoms with E-state index in [1.54, 1.807) is 6.08 Å². The van der Waals surface area contributed by atoms with Crippen LogP contribution in [0.25, 0.3) is 6.08 Å². The SMILES string of the molecule is O=C(C=Cc1ccccc1)Nc1ccc(N2CCc3ccccc3C2)c(C(=O)N2CCCC2)c1. The molecule has 2 amide bonds. The summed E-state index contributed by atoms with van der Waals surface area (Å²) in [5.74, 6) is -0.176. The number of nitrogens with zero attached hydrogens (tertiary/aromatic N) is 2. The maximum absolute atomic E-state index is 13.5. The molecule has 2 aliphatic heterocycles. The van der Waals surface area contributed by atoms with Gasteiger partial charge < -0.3 is 15.1 Å². The molecule has 5 heteroatoms. The van der Waals surface area contributed by atoms with Crippen LogP contribution in [0, 0.1) is 0 Å². The van der Waals surface area contributed by atoms with Crippen LogP contribution in [0.3, 0.4) is 0 Å². The molecule has 1 fully saturated rings. The van der Waals surface area contributed by atoms with Crippen molar-refractivity contribution in [2.75, 3.05) is 29.9 Å². The molecule has 34 heavy (non-hydrogen) atoms. The first-order valence-corrected chi connectivity index (χ1v) is 12.0. The number of likely N-dealkylation sites (tertiary alicyclic amines) is 1. The van der Waals surface area contributed by atoms with Gasteiger partial charge in [0, 0.05) is 43.6 Å². The first-order valence-electron chi connectivity index (χ1n) is 12.0. The third-order valence-corrected chi connectivity index (χ3v) is 6.59. The molecule has 3 aromatic carbocycles. The molecule has 1 saturated heterocycles. The van der Waals surface area contributed by atoms with Gasteiger partial charge in [-0.15, -0.1) is 0 Å². The van der Waals surface area contributed by atoms with Crippen LogP contribution in [0.5, 0.6) is 0 Å². The number of hydrogen-bond donors (Lipinski definition) is 1. The first-order chi connectivity index (χ1) is 16.7. The van der Waals surface area contributed by atoms with E-state index in [2.05, 4.69) is 34.5 Å². The lowest BCUT2D eigenvalue weighted by Gasteiger charge is -2.33. The van der Waals surface area contributed by atoms with Crippen LogP contribution >= 0.6 is 0 Å². The molecule has 3 aromatic rings. The zero-order valence-electron chi connectivity index (χ0n) is 19.2. The molecule has 2 heterocycles. The van der Waals surface area contributed by atoms with Crippen molar-refractivity contribution in [1.29, 1.82) is 0 Å². The van der Waals surface area contributed by atoms with Gasteiger partial charge in [0.25, 0.3) is 5.91 Å². The van der Waals surface area contributed by atoms with Crippen molar-refractivity contribution in [1.82, 2.24) is 4.90 Å². The van der Waals surface area contributed by atoms with E-state index in [0.29, 0.717) is 11.3 Å². The highest BCUT2D eigenvalue weighted by Gasteiger charge is 2.26. The fourth-order valence-electron chi connectivity index (χ4n) is 4.77. The largest absolute Gasteiger partial charge is 0.366 e. The fourth-order valence-corrected chi connectivity index (χ4v) is 4.77. The molecular weight excluding hydrogens is 422 g/mol. The highest BCUT2D eigenvalue weighted by molar-refractivity contribution is 6.05. The maximum atomic E-state index is 13.5. The second-order valence-electron chi connectivity index (χ2n) is 8.90. The predicted molar refractivity (Wildman–Crippen MR) is 137 cm³/mol. The number of fused-ring (bicyclic) bond motifs is 1. The van der Waals surface area contributed by atoms with Gasteiger partial charge in [0.1, 0.15) is 0 Å². The van der Waals surface area contributed by atoms with E-state index in [0.717, 1.165) is 56.7 Å². The summed E-state index contributed by atoms with van der Waals surface area (Å²) >= 11 is 0. The summed E-state index contributed by atoms with van der Waals surface area (Å²) < 4.78 is 0. The number of carbonyl (C=O) groups is 2. The molecule has 0 bridgehead atoms. The maximum Gasteiger partial charge on any atom is 0.256 e. The number of nitrogens with one attached hydrogen (secondary N) is 1. The standard InChI is InChI=1S/C29H29N3O2/c33-28(15-12-22-8-2-1-3-9-22)30-25-13-14-27(26(20-25)29(34)31-17-6-7-18-31)32-19-16-23-10-4-5-11-24(23)21-32/h1-5,8-15,20H,6-7,16-19,21H2,(H,30,33). The number of rotatable bonds is 5. The Labute approximate surface area is 200 Å². The van der Waals surface area contributed by atoms with Crippen molar-refractivity contribution < 1.29 is 9.59 Å². The van der Waals surface area contributed by atoms with E-state index in [-0.39, 0.29) is 11.8 Å². The summed E-state index contributed by atoms with van der Waals surface area (Å²) in [7, 11) is 0. The Morgan fingerprint density at radius 2 is 1.56 bits per heavy atom. The van der Waals surface area contributed by atoms with Crippen molar-refractivity contribution in [3.63, 3.8) is 0 Å². The Morgan fingerprint density at radius 3 is 2.35 bits per heavy atom. The van der Waals surface area contributed by atoms with E-state index in [1.807, 2.05) is 53.4 Å². The summed E-state index contributed by atoms with van der Waals surface area (Å²) in [5.41, 5.74) is 5.86. The highest BCUT2D eigenvalue weighted by atomic mass is 16.2. The minimum atomic E-state index is -0.219. The summed E-state index contributed by atoms with van der Waals surface area (Å²) in [5, 5.41) is 2.93. The van der Waals surface area contributed by atoms with Crippen molar-refractivity contribution in [2.24, 2.45) is 0 Å². The van der Waals surface area contributed by atoms with Crippen LogP contribution in [0.1, 0.15) is 39.9 Å². The number of hydrogen-bond acceptors (Lipinski definition) is 3. The van der Waals surface area contributed by atoms with Crippen LogP contribution in [0.15, 0.2) is 78.9 Å². The predicted octanol–water partition coefficient (Wildman–Crippen LogP) is 5.14. The Hall–Kier alpha value is -3.86. The van der Waals surface area contributed by atoms with E-state index < -0.39 is 0 Å². The Kier molecular flexibility index (Phi) is 6.43. The quantitative estimate of drug-likeness (QED) is 0.547. The third kappa shape index (κ3) is 4.88. The van der Waals surface area contributed by atoms with E-state index in [9.17, 15) is 9.59 Å². The van der Waals surface area contributed by atoms with Gasteiger partial charge in [-0.25, -0.2) is 0 Å². The normalized spacial score (nSPS) is 15.4. The van der Waals surface area contributed by atoms with Gasteiger partial charge in [0.05, 0.1) is 5.56 Å². The highest BCUT2D eigenvalue weighted by Crippen LogP contribution is 2.31. The zero-order chi connectivity index (χ0) is 23.3. The van der Waals surface area contributed by atoms with Gasteiger partial charge in [-0.2, -0.15) is 0 Å². The number of carbonyl (C=O) groups excluding carboxylic acids is 2.